The quantitative estimate of drug-likeness (QED) is 0.727. The van der Waals surface area contributed by atoms with E-state index < -0.39 is 0 Å². The van der Waals surface area contributed by atoms with Gasteiger partial charge in [0.25, 0.3) is 0 Å². The smallest absolute Gasteiger partial charge is 0.0674 e. The summed E-state index contributed by atoms with van der Waals surface area (Å²) in [6.45, 7) is 13.0. The zero-order valence-electron chi connectivity index (χ0n) is 9.61. The Bertz CT molecular complexity index is 175. The monoisotopic (exact) mass is 185 g/mol. The average Bonchev–Trinajstić information content (AvgIpc) is 2.14. The van der Waals surface area contributed by atoms with Crippen LogP contribution < -0.4 is 5.32 Å². The summed E-state index contributed by atoms with van der Waals surface area (Å²) < 4.78 is 6.01. The van der Waals surface area contributed by atoms with Crippen molar-refractivity contribution >= 4 is 0 Å². The minimum Gasteiger partial charge on any atom is -0.369 e. The van der Waals surface area contributed by atoms with Crippen LogP contribution in [0.1, 0.15) is 41.0 Å². The number of ether oxygens (including phenoxy) is 1. The van der Waals surface area contributed by atoms with Crippen LogP contribution in [-0.4, -0.2) is 24.3 Å². The third kappa shape index (κ3) is 2.68. The van der Waals surface area contributed by atoms with Crippen molar-refractivity contribution in [1.29, 1.82) is 0 Å². The van der Waals surface area contributed by atoms with Gasteiger partial charge in [-0.1, -0.05) is 6.92 Å². The lowest BCUT2D eigenvalue weighted by Crippen LogP contribution is -2.35. The van der Waals surface area contributed by atoms with Crippen LogP contribution in [0, 0.1) is 5.92 Å². The van der Waals surface area contributed by atoms with E-state index in [4.69, 9.17) is 4.74 Å². The van der Waals surface area contributed by atoms with Gasteiger partial charge >= 0.3 is 0 Å². The summed E-state index contributed by atoms with van der Waals surface area (Å²) in [4.78, 5) is 0. The van der Waals surface area contributed by atoms with Crippen molar-refractivity contribution < 1.29 is 4.74 Å². The van der Waals surface area contributed by atoms with Crippen molar-refractivity contribution in [3.63, 3.8) is 0 Å². The Labute approximate surface area is 82.0 Å². The highest BCUT2D eigenvalue weighted by Crippen LogP contribution is 2.41. The first kappa shape index (κ1) is 11.0. The van der Waals surface area contributed by atoms with E-state index in [0.29, 0.717) is 5.92 Å². The Morgan fingerprint density at radius 2 is 1.92 bits per heavy atom. The SMILES string of the molecule is CCNCC1CC(C)(C)OC1(C)C. The predicted octanol–water partition coefficient (Wildman–Crippen LogP) is 2.19. The normalized spacial score (nSPS) is 30.7. The molecular weight excluding hydrogens is 162 g/mol. The van der Waals surface area contributed by atoms with E-state index in [-0.39, 0.29) is 11.2 Å². The van der Waals surface area contributed by atoms with Gasteiger partial charge in [0, 0.05) is 12.5 Å². The topological polar surface area (TPSA) is 21.3 Å². The van der Waals surface area contributed by atoms with Gasteiger partial charge in [0.1, 0.15) is 0 Å². The first-order valence-corrected chi connectivity index (χ1v) is 5.28. The van der Waals surface area contributed by atoms with Crippen LogP contribution in [0.4, 0.5) is 0 Å². The summed E-state index contributed by atoms with van der Waals surface area (Å²) in [5.74, 6) is 0.641. The molecule has 0 amide bonds. The Morgan fingerprint density at radius 3 is 2.31 bits per heavy atom. The molecule has 1 fully saturated rings. The first-order valence-electron chi connectivity index (χ1n) is 5.28. The van der Waals surface area contributed by atoms with Crippen molar-refractivity contribution in [2.45, 2.75) is 52.2 Å². The van der Waals surface area contributed by atoms with Crippen molar-refractivity contribution in [3.8, 4) is 0 Å². The largest absolute Gasteiger partial charge is 0.369 e. The second-order valence-electron chi connectivity index (χ2n) is 5.17. The van der Waals surface area contributed by atoms with E-state index in [1.54, 1.807) is 0 Å². The summed E-state index contributed by atoms with van der Waals surface area (Å²) in [5.41, 5.74) is 0.0925. The highest BCUT2D eigenvalue weighted by molar-refractivity contribution is 4.94. The fourth-order valence-corrected chi connectivity index (χ4v) is 2.31. The third-order valence-electron chi connectivity index (χ3n) is 2.90. The number of nitrogens with one attached hydrogen (secondary N) is 1. The molecular formula is C11H23NO. The fourth-order valence-electron chi connectivity index (χ4n) is 2.31. The van der Waals surface area contributed by atoms with Crippen LogP contribution >= 0.6 is 0 Å². The standard InChI is InChI=1S/C11H23NO/c1-6-12-8-9-7-10(2,3)13-11(9,4)5/h9,12H,6-8H2,1-5H3. The number of rotatable bonds is 3. The molecule has 13 heavy (non-hydrogen) atoms. The molecule has 0 radical (unpaired) electrons. The number of hydrogen-bond donors (Lipinski definition) is 1. The van der Waals surface area contributed by atoms with Gasteiger partial charge in [0.15, 0.2) is 0 Å². The van der Waals surface area contributed by atoms with Crippen LogP contribution in [0.15, 0.2) is 0 Å². The van der Waals surface area contributed by atoms with Gasteiger partial charge < -0.3 is 10.1 Å². The fraction of sp³-hybridized carbons (Fsp3) is 1.00. The zero-order chi connectivity index (χ0) is 10.1. The van der Waals surface area contributed by atoms with E-state index in [2.05, 4.69) is 39.9 Å². The van der Waals surface area contributed by atoms with Crippen LogP contribution in [0.2, 0.25) is 0 Å². The molecule has 2 heteroatoms. The molecule has 0 aliphatic carbocycles. The summed E-state index contributed by atoms with van der Waals surface area (Å²) in [5, 5.41) is 3.40. The van der Waals surface area contributed by atoms with Gasteiger partial charge in [0.05, 0.1) is 11.2 Å². The van der Waals surface area contributed by atoms with Gasteiger partial charge in [-0.15, -0.1) is 0 Å². The van der Waals surface area contributed by atoms with Gasteiger partial charge in [0.2, 0.25) is 0 Å². The lowest BCUT2D eigenvalue weighted by Gasteiger charge is -2.27. The summed E-state index contributed by atoms with van der Waals surface area (Å²) >= 11 is 0. The average molecular weight is 185 g/mol. The number of hydrogen-bond acceptors (Lipinski definition) is 2. The van der Waals surface area contributed by atoms with E-state index in [0.717, 1.165) is 19.5 Å². The molecule has 1 rings (SSSR count). The maximum atomic E-state index is 6.01. The molecule has 0 bridgehead atoms. The van der Waals surface area contributed by atoms with E-state index in [1.165, 1.54) is 0 Å². The van der Waals surface area contributed by atoms with Crippen LogP contribution in [0.5, 0.6) is 0 Å². The van der Waals surface area contributed by atoms with Gasteiger partial charge in [-0.3, -0.25) is 0 Å². The molecule has 0 saturated carbocycles. The Morgan fingerprint density at radius 1 is 1.31 bits per heavy atom. The molecule has 0 spiro atoms. The van der Waals surface area contributed by atoms with Crippen molar-refractivity contribution in [2.75, 3.05) is 13.1 Å². The first-order chi connectivity index (χ1) is 5.87. The summed E-state index contributed by atoms with van der Waals surface area (Å²) in [7, 11) is 0. The molecule has 0 aromatic carbocycles. The predicted molar refractivity (Wildman–Crippen MR) is 55.9 cm³/mol. The Kier molecular flexibility index (Phi) is 3.03. The van der Waals surface area contributed by atoms with Crippen LogP contribution in [0.25, 0.3) is 0 Å². The van der Waals surface area contributed by atoms with E-state index in [9.17, 15) is 0 Å². The van der Waals surface area contributed by atoms with Crippen LogP contribution in [-0.2, 0) is 4.74 Å². The molecule has 1 heterocycles. The van der Waals surface area contributed by atoms with E-state index >= 15 is 0 Å². The second kappa shape index (κ2) is 3.58. The molecule has 1 saturated heterocycles. The minimum atomic E-state index is 0.0334. The van der Waals surface area contributed by atoms with Crippen molar-refractivity contribution in [3.05, 3.63) is 0 Å². The molecule has 1 atom stereocenters. The molecule has 2 nitrogen and oxygen atoms in total. The zero-order valence-corrected chi connectivity index (χ0v) is 9.61. The van der Waals surface area contributed by atoms with Gasteiger partial charge in [-0.05, 0) is 40.7 Å². The molecule has 0 aromatic rings. The van der Waals surface area contributed by atoms with E-state index in [1.807, 2.05) is 0 Å². The molecule has 1 N–H and O–H groups in total. The third-order valence-corrected chi connectivity index (χ3v) is 2.90. The lowest BCUT2D eigenvalue weighted by molar-refractivity contribution is -0.0742. The second-order valence-corrected chi connectivity index (χ2v) is 5.17. The van der Waals surface area contributed by atoms with Crippen molar-refractivity contribution in [2.24, 2.45) is 5.92 Å². The summed E-state index contributed by atoms with van der Waals surface area (Å²) in [6.07, 6.45) is 1.16. The summed E-state index contributed by atoms with van der Waals surface area (Å²) in [6, 6.07) is 0. The lowest BCUT2D eigenvalue weighted by atomic mass is 9.87. The van der Waals surface area contributed by atoms with Gasteiger partial charge in [-0.2, -0.15) is 0 Å². The molecule has 0 aromatic heterocycles. The molecule has 1 unspecified atom stereocenters. The maximum absolute atomic E-state index is 6.01. The van der Waals surface area contributed by atoms with Crippen LogP contribution in [0.3, 0.4) is 0 Å². The Balaban J connectivity index is 2.54. The van der Waals surface area contributed by atoms with Gasteiger partial charge in [-0.25, -0.2) is 0 Å². The Hall–Kier alpha value is -0.0800. The molecule has 1 aliphatic rings. The van der Waals surface area contributed by atoms with Crippen molar-refractivity contribution in [1.82, 2.24) is 5.32 Å². The minimum absolute atomic E-state index is 0.0334. The maximum Gasteiger partial charge on any atom is 0.0674 e. The highest BCUT2D eigenvalue weighted by atomic mass is 16.5. The highest BCUT2D eigenvalue weighted by Gasteiger charge is 2.45. The molecule has 1 aliphatic heterocycles. The molecule has 78 valence electrons.